The molecule has 276 valence electrons. The van der Waals surface area contributed by atoms with Crippen molar-refractivity contribution in [1.29, 1.82) is 0 Å². The number of carbonyl (C=O) groups is 4. The molecule has 12 heteroatoms. The minimum absolute atomic E-state index is 0. The van der Waals surface area contributed by atoms with Crippen LogP contribution in [-0.2, 0) is 31.6 Å². The third kappa shape index (κ3) is 8.89. The van der Waals surface area contributed by atoms with E-state index in [0.717, 1.165) is 16.7 Å². The van der Waals surface area contributed by atoms with Gasteiger partial charge in [-0.2, -0.15) is 27.0 Å². The molecule has 0 bridgehead atoms. The Bertz CT molecular complexity index is 1760. The van der Waals surface area contributed by atoms with Gasteiger partial charge >= 0.3 is 5.97 Å². The predicted molar refractivity (Wildman–Crippen MR) is 208 cm³/mol. The van der Waals surface area contributed by atoms with Gasteiger partial charge in [-0.1, -0.05) is 68.4 Å². The Morgan fingerprint density at radius 2 is 1.51 bits per heavy atom. The molecule has 3 aromatic rings. The summed E-state index contributed by atoms with van der Waals surface area (Å²) in [5, 5.41) is 6.05. The first-order chi connectivity index (χ1) is 23.2. The first-order valence-electron chi connectivity index (χ1n) is 17.2. The van der Waals surface area contributed by atoms with Crippen LogP contribution in [0.1, 0.15) is 93.3 Å². The van der Waals surface area contributed by atoms with E-state index in [9.17, 15) is 24.0 Å². The van der Waals surface area contributed by atoms with Crippen molar-refractivity contribution in [1.82, 2.24) is 20.1 Å². The molecule has 0 radical (unpaired) electrons. The molecule has 2 N–H and O–H groups in total. The van der Waals surface area contributed by atoms with Gasteiger partial charge in [0.25, 0.3) is 11.5 Å². The predicted octanol–water partition coefficient (Wildman–Crippen LogP) is 4.68. The summed E-state index contributed by atoms with van der Waals surface area (Å²) < 4.78 is 7.07. The highest BCUT2D eigenvalue weighted by molar-refractivity contribution is 7.59. The summed E-state index contributed by atoms with van der Waals surface area (Å²) in [4.78, 5) is 69.2. The maximum Gasteiger partial charge on any atom is 0.329 e. The van der Waals surface area contributed by atoms with Crippen molar-refractivity contribution in [2.75, 3.05) is 13.1 Å². The van der Waals surface area contributed by atoms with Crippen molar-refractivity contribution in [2.24, 2.45) is 13.0 Å². The number of esters is 1. The van der Waals surface area contributed by atoms with Gasteiger partial charge in [0, 0.05) is 32.4 Å². The fourth-order valence-electron chi connectivity index (χ4n) is 7.11. The van der Waals surface area contributed by atoms with E-state index in [-0.39, 0.29) is 61.9 Å². The SMILES string of the molecule is CC(C)[C@H](NC(=O)[C@@]1(c2ccccc2)CC[C@H](C(=O)N2CCC(NC(=O)c3cccn(C)c3=O)CC2)c2ccccc21)C(=O)OC(C)(C)C.S.S. The average molecular weight is 737 g/mol. The zero-order valence-corrected chi connectivity index (χ0v) is 32.3. The van der Waals surface area contributed by atoms with Crippen molar-refractivity contribution >= 4 is 50.7 Å². The Balaban J connectivity index is 0.00000351. The normalized spacial score (nSPS) is 19.4. The molecular weight excluding hydrogens is 685 g/mol. The van der Waals surface area contributed by atoms with Gasteiger partial charge in [0.05, 0.1) is 11.3 Å². The van der Waals surface area contributed by atoms with Gasteiger partial charge in [0.1, 0.15) is 17.2 Å². The van der Waals surface area contributed by atoms with Crippen LogP contribution in [0, 0.1) is 5.92 Å². The fourth-order valence-corrected chi connectivity index (χ4v) is 7.11. The first-order valence-corrected chi connectivity index (χ1v) is 17.2. The van der Waals surface area contributed by atoms with Crippen molar-refractivity contribution in [3.8, 4) is 0 Å². The summed E-state index contributed by atoms with van der Waals surface area (Å²) >= 11 is 0. The highest BCUT2D eigenvalue weighted by atomic mass is 32.1. The number of piperidine rings is 1. The van der Waals surface area contributed by atoms with E-state index in [1.165, 1.54) is 10.6 Å². The van der Waals surface area contributed by atoms with E-state index in [2.05, 4.69) is 10.6 Å². The number of aryl methyl sites for hydroxylation is 1. The standard InChI is InChI=1S/C39H48N4O6.2H2S/c1-25(2)32(36(47)49-38(3,4)5)41-37(48)39(26-13-8-7-9-14-26)21-18-29(28-15-10-11-17-31(28)39)35(46)43-23-19-27(20-24-43)40-33(44)30-16-12-22-42(6)34(30)45;;/h7-17,22,25,27,29,32H,18-21,23-24H2,1-6H3,(H,40,44)(H,41,48);2*1H2/t29-,32-,39+;;/m0../s1. The molecule has 1 aliphatic carbocycles. The van der Waals surface area contributed by atoms with E-state index in [4.69, 9.17) is 4.74 Å². The highest BCUT2D eigenvalue weighted by Crippen LogP contribution is 2.48. The number of rotatable bonds is 8. The van der Waals surface area contributed by atoms with Crippen LogP contribution in [0.25, 0.3) is 0 Å². The number of aromatic nitrogens is 1. The second-order valence-corrected chi connectivity index (χ2v) is 14.6. The van der Waals surface area contributed by atoms with E-state index in [0.29, 0.717) is 38.8 Å². The van der Waals surface area contributed by atoms with Crippen LogP contribution in [0.2, 0.25) is 0 Å². The number of likely N-dealkylation sites (tertiary alicyclic amines) is 1. The Hall–Kier alpha value is -4.03. The van der Waals surface area contributed by atoms with Crippen molar-refractivity contribution in [3.63, 3.8) is 0 Å². The number of carbonyl (C=O) groups excluding carboxylic acids is 4. The number of hydrogen-bond acceptors (Lipinski definition) is 6. The van der Waals surface area contributed by atoms with Crippen LogP contribution in [0.5, 0.6) is 0 Å². The topological polar surface area (TPSA) is 127 Å². The zero-order chi connectivity index (χ0) is 35.5. The van der Waals surface area contributed by atoms with Gasteiger partial charge < -0.3 is 24.8 Å². The molecule has 1 aromatic heterocycles. The van der Waals surface area contributed by atoms with E-state index in [1.807, 2.05) is 73.3 Å². The molecule has 3 amide bonds. The molecule has 10 nitrogen and oxygen atoms in total. The van der Waals surface area contributed by atoms with Gasteiger partial charge in [0.2, 0.25) is 11.8 Å². The smallest absolute Gasteiger partial charge is 0.329 e. The fraction of sp³-hybridized carbons (Fsp3) is 0.462. The van der Waals surface area contributed by atoms with Gasteiger partial charge in [-0.25, -0.2) is 4.79 Å². The minimum atomic E-state index is -1.13. The van der Waals surface area contributed by atoms with E-state index < -0.39 is 34.9 Å². The number of fused-ring (bicyclic) bond motifs is 1. The van der Waals surface area contributed by atoms with Gasteiger partial charge in [0.15, 0.2) is 0 Å². The monoisotopic (exact) mass is 736 g/mol. The summed E-state index contributed by atoms with van der Waals surface area (Å²) in [6, 6.07) is 19.4. The molecule has 0 spiro atoms. The van der Waals surface area contributed by atoms with Crippen molar-refractivity contribution in [3.05, 3.63) is 106 Å². The Morgan fingerprint density at radius 1 is 0.882 bits per heavy atom. The lowest BCUT2D eigenvalue weighted by molar-refractivity contribution is -0.160. The molecule has 0 saturated carbocycles. The molecule has 2 heterocycles. The number of hydrogen-bond donors (Lipinski definition) is 2. The number of nitrogens with one attached hydrogen (secondary N) is 2. The highest BCUT2D eigenvalue weighted by Gasteiger charge is 2.50. The van der Waals surface area contributed by atoms with Gasteiger partial charge in [-0.3, -0.25) is 19.2 Å². The van der Waals surface area contributed by atoms with Crippen molar-refractivity contribution < 1.29 is 23.9 Å². The minimum Gasteiger partial charge on any atom is -0.458 e. The number of nitrogens with zero attached hydrogens (tertiary/aromatic N) is 2. The van der Waals surface area contributed by atoms with E-state index >= 15 is 0 Å². The Morgan fingerprint density at radius 3 is 2.14 bits per heavy atom. The second kappa shape index (κ2) is 17.0. The quantitative estimate of drug-likeness (QED) is 0.324. The number of ether oxygens (including phenoxy) is 1. The lowest BCUT2D eigenvalue weighted by Crippen LogP contribution is -2.55. The summed E-state index contributed by atoms with van der Waals surface area (Å²) in [6.45, 7) is 10.1. The molecule has 1 saturated heterocycles. The lowest BCUT2D eigenvalue weighted by Gasteiger charge is -2.43. The van der Waals surface area contributed by atoms with Crippen LogP contribution >= 0.6 is 27.0 Å². The third-order valence-electron chi connectivity index (χ3n) is 9.68. The van der Waals surface area contributed by atoms with Crippen LogP contribution in [0.3, 0.4) is 0 Å². The number of amides is 3. The third-order valence-corrected chi connectivity index (χ3v) is 9.68. The van der Waals surface area contributed by atoms with Crippen LogP contribution < -0.4 is 16.2 Å². The van der Waals surface area contributed by atoms with E-state index in [1.54, 1.807) is 40.1 Å². The second-order valence-electron chi connectivity index (χ2n) is 14.6. The zero-order valence-electron chi connectivity index (χ0n) is 30.3. The summed E-state index contributed by atoms with van der Waals surface area (Å²) in [6.07, 6.45) is 3.54. The van der Waals surface area contributed by atoms with Crippen LogP contribution in [-0.4, -0.2) is 63.9 Å². The molecular formula is C39H52N4O6S2. The van der Waals surface area contributed by atoms with Crippen LogP contribution in [0.4, 0.5) is 0 Å². The van der Waals surface area contributed by atoms with Crippen LogP contribution in [0.15, 0.2) is 77.7 Å². The summed E-state index contributed by atoms with van der Waals surface area (Å²) in [5.41, 5.74) is 0.246. The summed E-state index contributed by atoms with van der Waals surface area (Å²) in [7, 11) is 1.61. The molecule has 51 heavy (non-hydrogen) atoms. The number of benzene rings is 2. The molecule has 2 aliphatic rings. The Labute approximate surface area is 314 Å². The molecule has 1 aliphatic heterocycles. The molecule has 1 fully saturated rings. The first kappa shape index (κ1) is 41.4. The Kier molecular flexibility index (Phi) is 13.8. The molecule has 0 unspecified atom stereocenters. The maximum absolute atomic E-state index is 14.6. The summed E-state index contributed by atoms with van der Waals surface area (Å²) in [5.74, 6) is -1.87. The molecule has 5 rings (SSSR count). The molecule has 2 aromatic carbocycles. The lowest BCUT2D eigenvalue weighted by atomic mass is 9.62. The maximum atomic E-state index is 14.6. The number of pyridine rings is 1. The largest absolute Gasteiger partial charge is 0.458 e. The average Bonchev–Trinajstić information content (AvgIpc) is 3.07. The molecule has 3 atom stereocenters. The van der Waals surface area contributed by atoms with Crippen molar-refractivity contribution in [2.45, 2.75) is 89.3 Å². The van der Waals surface area contributed by atoms with Gasteiger partial charge in [-0.05, 0) is 81.2 Å². The van der Waals surface area contributed by atoms with Gasteiger partial charge in [-0.15, -0.1) is 0 Å².